The molecule has 1 aromatic carbocycles. The molecular formula is C13H9F3N4. The molecule has 0 spiro atoms. The Hall–Kier alpha value is -2.57. The van der Waals surface area contributed by atoms with E-state index in [1.54, 1.807) is 18.2 Å². The minimum absolute atomic E-state index is 0.341. The normalized spacial score (nSPS) is 11.9. The number of nitrogens with two attached hydrogens (primary N) is 1. The predicted octanol–water partition coefficient (Wildman–Crippen LogP) is 3.23. The first-order valence-corrected chi connectivity index (χ1v) is 5.72. The van der Waals surface area contributed by atoms with E-state index in [9.17, 15) is 13.2 Å². The number of nitrogens with one attached hydrogen (secondary N) is 1. The molecule has 3 N–H and O–H groups in total. The van der Waals surface area contributed by atoms with Crippen molar-refractivity contribution in [3.63, 3.8) is 0 Å². The number of aromatic amines is 1. The highest BCUT2D eigenvalue weighted by molar-refractivity contribution is 5.81. The van der Waals surface area contributed by atoms with Gasteiger partial charge in [0, 0.05) is 11.9 Å². The fourth-order valence-electron chi connectivity index (χ4n) is 1.85. The van der Waals surface area contributed by atoms with Crippen molar-refractivity contribution in [3.8, 4) is 11.5 Å². The van der Waals surface area contributed by atoms with E-state index in [2.05, 4.69) is 15.0 Å². The number of anilines is 1. The van der Waals surface area contributed by atoms with Crippen LogP contribution < -0.4 is 5.73 Å². The number of alkyl halides is 3. The zero-order valence-electron chi connectivity index (χ0n) is 10.1. The van der Waals surface area contributed by atoms with E-state index in [4.69, 9.17) is 5.73 Å². The van der Waals surface area contributed by atoms with Crippen LogP contribution in [0, 0.1) is 0 Å². The van der Waals surface area contributed by atoms with E-state index >= 15 is 0 Å². The highest BCUT2D eigenvalue weighted by Gasteiger charge is 2.30. The van der Waals surface area contributed by atoms with Crippen molar-refractivity contribution in [3.05, 3.63) is 42.1 Å². The standard InChI is InChI=1S/C13H9F3N4/c14-13(15,16)7-1-3-10(18-6-7)12-19-9-4-2-8(17)5-11(9)20-12/h1-6H,17H2,(H,19,20). The summed E-state index contributed by atoms with van der Waals surface area (Å²) in [5.74, 6) is 0.402. The molecule has 3 aromatic rings. The highest BCUT2D eigenvalue weighted by Crippen LogP contribution is 2.29. The molecule has 0 unspecified atom stereocenters. The van der Waals surface area contributed by atoms with Gasteiger partial charge in [-0.05, 0) is 30.3 Å². The van der Waals surface area contributed by atoms with E-state index < -0.39 is 11.7 Å². The van der Waals surface area contributed by atoms with Gasteiger partial charge in [-0.3, -0.25) is 4.98 Å². The number of benzene rings is 1. The van der Waals surface area contributed by atoms with Crippen molar-refractivity contribution in [2.24, 2.45) is 0 Å². The summed E-state index contributed by atoms with van der Waals surface area (Å²) >= 11 is 0. The first kappa shape index (κ1) is 12.5. The number of imidazole rings is 1. The van der Waals surface area contributed by atoms with Gasteiger partial charge in [0.15, 0.2) is 5.82 Å². The van der Waals surface area contributed by atoms with Crippen LogP contribution in [0.25, 0.3) is 22.6 Å². The van der Waals surface area contributed by atoms with Gasteiger partial charge in [-0.15, -0.1) is 0 Å². The molecule has 0 aliphatic carbocycles. The summed E-state index contributed by atoms with van der Waals surface area (Å²) in [4.78, 5) is 11.0. The molecule has 3 rings (SSSR count). The number of H-pyrrole nitrogens is 1. The molecule has 4 nitrogen and oxygen atoms in total. The van der Waals surface area contributed by atoms with Gasteiger partial charge in [-0.25, -0.2) is 4.98 Å². The van der Waals surface area contributed by atoms with Crippen LogP contribution in [0.15, 0.2) is 36.5 Å². The number of rotatable bonds is 1. The van der Waals surface area contributed by atoms with Crippen molar-refractivity contribution in [2.45, 2.75) is 6.18 Å². The molecule has 102 valence electrons. The van der Waals surface area contributed by atoms with E-state index in [-0.39, 0.29) is 0 Å². The van der Waals surface area contributed by atoms with Gasteiger partial charge < -0.3 is 10.7 Å². The molecule has 0 radical (unpaired) electrons. The maximum absolute atomic E-state index is 12.5. The van der Waals surface area contributed by atoms with E-state index in [0.29, 0.717) is 28.2 Å². The SMILES string of the molecule is Nc1ccc2nc(-c3ccc(C(F)(F)F)cn3)[nH]c2c1. The fraction of sp³-hybridized carbons (Fsp3) is 0.0769. The number of aromatic nitrogens is 3. The average molecular weight is 278 g/mol. The van der Waals surface area contributed by atoms with Crippen LogP contribution in [0.5, 0.6) is 0 Å². The third-order valence-electron chi connectivity index (χ3n) is 2.84. The summed E-state index contributed by atoms with van der Waals surface area (Å²) in [6, 6.07) is 7.39. The molecule has 2 heterocycles. The van der Waals surface area contributed by atoms with Gasteiger partial charge in [0.05, 0.1) is 16.6 Å². The van der Waals surface area contributed by atoms with E-state index in [0.717, 1.165) is 12.3 Å². The molecule has 0 amide bonds. The lowest BCUT2D eigenvalue weighted by atomic mass is 10.2. The van der Waals surface area contributed by atoms with Gasteiger partial charge in [0.1, 0.15) is 5.69 Å². The van der Waals surface area contributed by atoms with Crippen LogP contribution in [0.2, 0.25) is 0 Å². The molecule has 0 saturated carbocycles. The molecule has 20 heavy (non-hydrogen) atoms. The lowest BCUT2D eigenvalue weighted by Gasteiger charge is -2.05. The molecule has 0 aliphatic rings. The minimum Gasteiger partial charge on any atom is -0.399 e. The smallest absolute Gasteiger partial charge is 0.399 e. The summed E-state index contributed by atoms with van der Waals surface area (Å²) in [7, 11) is 0. The van der Waals surface area contributed by atoms with Crippen LogP contribution in [-0.4, -0.2) is 15.0 Å². The average Bonchev–Trinajstić information content (AvgIpc) is 2.80. The monoisotopic (exact) mass is 278 g/mol. The summed E-state index contributed by atoms with van der Waals surface area (Å²) in [6.45, 7) is 0. The zero-order valence-corrected chi connectivity index (χ0v) is 10.1. The zero-order chi connectivity index (χ0) is 14.3. The van der Waals surface area contributed by atoms with Gasteiger partial charge in [-0.2, -0.15) is 13.2 Å². The summed E-state index contributed by atoms with van der Waals surface area (Å²) < 4.78 is 37.4. The van der Waals surface area contributed by atoms with Crippen LogP contribution in [0.3, 0.4) is 0 Å². The number of hydrogen-bond acceptors (Lipinski definition) is 3. The van der Waals surface area contributed by atoms with Crippen molar-refractivity contribution >= 4 is 16.7 Å². The number of pyridine rings is 1. The van der Waals surface area contributed by atoms with Crippen molar-refractivity contribution in [2.75, 3.05) is 5.73 Å². The first-order chi connectivity index (χ1) is 9.43. The Labute approximate surface area is 111 Å². The van der Waals surface area contributed by atoms with Crippen LogP contribution in [0.1, 0.15) is 5.56 Å². The number of fused-ring (bicyclic) bond motifs is 1. The molecule has 0 aliphatic heterocycles. The first-order valence-electron chi connectivity index (χ1n) is 5.72. The molecule has 0 bridgehead atoms. The number of nitrogens with zero attached hydrogens (tertiary/aromatic N) is 2. The summed E-state index contributed by atoms with van der Waals surface area (Å²) in [5.41, 5.74) is 7.17. The third-order valence-corrected chi connectivity index (χ3v) is 2.84. The van der Waals surface area contributed by atoms with Crippen molar-refractivity contribution in [1.82, 2.24) is 15.0 Å². The molecule has 7 heteroatoms. The Bertz CT molecular complexity index is 759. The molecule has 0 atom stereocenters. The van der Waals surface area contributed by atoms with Crippen LogP contribution in [-0.2, 0) is 6.18 Å². The summed E-state index contributed by atoms with van der Waals surface area (Å²) in [6.07, 6.45) is -3.61. The number of nitrogen functional groups attached to an aromatic ring is 1. The third kappa shape index (κ3) is 2.18. The topological polar surface area (TPSA) is 67.6 Å². The Balaban J connectivity index is 2.02. The minimum atomic E-state index is -4.39. The Morgan fingerprint density at radius 2 is 1.90 bits per heavy atom. The van der Waals surface area contributed by atoms with Crippen molar-refractivity contribution in [1.29, 1.82) is 0 Å². The molecular weight excluding hydrogens is 269 g/mol. The maximum Gasteiger partial charge on any atom is 0.417 e. The lowest BCUT2D eigenvalue weighted by molar-refractivity contribution is -0.137. The second-order valence-corrected chi connectivity index (χ2v) is 4.29. The predicted molar refractivity (Wildman–Crippen MR) is 68.7 cm³/mol. The van der Waals surface area contributed by atoms with Crippen LogP contribution in [0.4, 0.5) is 18.9 Å². The molecule has 2 aromatic heterocycles. The second kappa shape index (κ2) is 4.22. The maximum atomic E-state index is 12.5. The van der Waals surface area contributed by atoms with Crippen molar-refractivity contribution < 1.29 is 13.2 Å². The van der Waals surface area contributed by atoms with Crippen LogP contribution >= 0.6 is 0 Å². The molecule has 0 fully saturated rings. The van der Waals surface area contributed by atoms with E-state index in [1.807, 2.05) is 0 Å². The van der Waals surface area contributed by atoms with Gasteiger partial charge in [-0.1, -0.05) is 0 Å². The Morgan fingerprint density at radius 1 is 1.10 bits per heavy atom. The lowest BCUT2D eigenvalue weighted by Crippen LogP contribution is -2.05. The van der Waals surface area contributed by atoms with Gasteiger partial charge in [0.25, 0.3) is 0 Å². The quantitative estimate of drug-likeness (QED) is 0.671. The molecule has 0 saturated heterocycles. The van der Waals surface area contributed by atoms with E-state index in [1.165, 1.54) is 6.07 Å². The van der Waals surface area contributed by atoms with Gasteiger partial charge >= 0.3 is 6.18 Å². The summed E-state index contributed by atoms with van der Waals surface area (Å²) in [5, 5.41) is 0. The second-order valence-electron chi connectivity index (χ2n) is 4.29. The Kier molecular flexibility index (Phi) is 2.63. The largest absolute Gasteiger partial charge is 0.417 e. The Morgan fingerprint density at radius 3 is 2.55 bits per heavy atom. The number of hydrogen-bond donors (Lipinski definition) is 2. The van der Waals surface area contributed by atoms with Gasteiger partial charge in [0.2, 0.25) is 0 Å². The number of halogens is 3. The fourth-order valence-corrected chi connectivity index (χ4v) is 1.85. The highest BCUT2D eigenvalue weighted by atomic mass is 19.4.